The molecule has 0 atom stereocenters. The molecule has 2 heterocycles. The molecule has 1 aromatic heterocycles. The number of halogens is 2. The minimum Gasteiger partial charge on any atom is -0.424 e. The van der Waals surface area contributed by atoms with Crippen LogP contribution in [0.2, 0.25) is 5.02 Å². The number of aryl methyl sites for hydroxylation is 1. The quantitative estimate of drug-likeness (QED) is 0.838. The highest BCUT2D eigenvalue weighted by molar-refractivity contribution is 6.31. The first-order valence-electron chi connectivity index (χ1n) is 7.84. The van der Waals surface area contributed by atoms with Gasteiger partial charge in [-0.3, -0.25) is 9.80 Å². The normalized spacial score (nSPS) is 16.8. The highest BCUT2D eigenvalue weighted by atomic mass is 35.5. The van der Waals surface area contributed by atoms with Crippen LogP contribution in [0.4, 0.5) is 4.39 Å². The average molecular weight is 339 g/mol. The van der Waals surface area contributed by atoms with Crippen molar-refractivity contribution in [1.82, 2.24) is 20.0 Å². The summed E-state index contributed by atoms with van der Waals surface area (Å²) in [4.78, 5) is 4.48. The van der Waals surface area contributed by atoms with E-state index in [0.29, 0.717) is 35.5 Å². The zero-order valence-corrected chi connectivity index (χ0v) is 13.9. The molecular weight excluding hydrogens is 319 g/mol. The van der Waals surface area contributed by atoms with Crippen molar-refractivity contribution in [1.29, 1.82) is 0 Å². The van der Waals surface area contributed by atoms with E-state index in [1.54, 1.807) is 12.1 Å². The molecule has 124 valence electrons. The Kier molecular flexibility index (Phi) is 5.25. The topological polar surface area (TPSA) is 45.4 Å². The minimum absolute atomic E-state index is 0.238. The summed E-state index contributed by atoms with van der Waals surface area (Å²) >= 11 is 6.10. The maximum Gasteiger partial charge on any atom is 0.230 e. The molecule has 1 fully saturated rings. The largest absolute Gasteiger partial charge is 0.424 e. The third-order valence-corrected chi connectivity index (χ3v) is 4.43. The van der Waals surface area contributed by atoms with Gasteiger partial charge in [-0.15, -0.1) is 10.2 Å². The molecule has 1 aliphatic heterocycles. The number of hydrogen-bond donors (Lipinski definition) is 0. The van der Waals surface area contributed by atoms with Crippen LogP contribution in [0.1, 0.15) is 24.3 Å². The van der Waals surface area contributed by atoms with E-state index in [1.165, 1.54) is 6.07 Å². The fourth-order valence-electron chi connectivity index (χ4n) is 2.70. The highest BCUT2D eigenvalue weighted by Crippen LogP contribution is 2.21. The second-order valence-electron chi connectivity index (χ2n) is 5.70. The van der Waals surface area contributed by atoms with E-state index in [1.807, 2.05) is 6.92 Å². The molecule has 3 rings (SSSR count). The van der Waals surface area contributed by atoms with Crippen molar-refractivity contribution in [2.75, 3.05) is 26.2 Å². The summed E-state index contributed by atoms with van der Waals surface area (Å²) in [6, 6.07) is 4.82. The molecule has 0 bridgehead atoms. The van der Waals surface area contributed by atoms with E-state index in [0.717, 1.165) is 32.6 Å². The van der Waals surface area contributed by atoms with Crippen LogP contribution in [0.5, 0.6) is 0 Å². The molecular formula is C16H20ClFN4O. The van der Waals surface area contributed by atoms with Gasteiger partial charge in [-0.25, -0.2) is 4.39 Å². The second kappa shape index (κ2) is 7.38. The van der Waals surface area contributed by atoms with Crippen molar-refractivity contribution in [3.05, 3.63) is 46.4 Å². The first kappa shape index (κ1) is 16.4. The summed E-state index contributed by atoms with van der Waals surface area (Å²) in [6.45, 7) is 6.69. The van der Waals surface area contributed by atoms with E-state index < -0.39 is 0 Å². The van der Waals surface area contributed by atoms with Crippen molar-refractivity contribution in [3.63, 3.8) is 0 Å². The summed E-state index contributed by atoms with van der Waals surface area (Å²) in [6.07, 6.45) is 0.754. The number of aromatic nitrogens is 2. The molecule has 2 aromatic rings. The smallest absolute Gasteiger partial charge is 0.230 e. The van der Waals surface area contributed by atoms with Crippen molar-refractivity contribution >= 4 is 11.6 Å². The van der Waals surface area contributed by atoms with E-state index in [9.17, 15) is 4.39 Å². The zero-order chi connectivity index (χ0) is 16.2. The molecule has 0 spiro atoms. The summed E-state index contributed by atoms with van der Waals surface area (Å²) in [7, 11) is 0. The highest BCUT2D eigenvalue weighted by Gasteiger charge is 2.20. The minimum atomic E-state index is -0.238. The monoisotopic (exact) mass is 338 g/mol. The molecule has 5 nitrogen and oxygen atoms in total. The number of piperazine rings is 1. The molecule has 0 radical (unpaired) electrons. The predicted octanol–water partition coefficient (Wildman–Crippen LogP) is 2.74. The van der Waals surface area contributed by atoms with Crippen LogP contribution >= 0.6 is 11.6 Å². The Morgan fingerprint density at radius 2 is 1.74 bits per heavy atom. The van der Waals surface area contributed by atoms with Gasteiger partial charge in [-0.2, -0.15) is 0 Å². The Morgan fingerprint density at radius 3 is 2.35 bits per heavy atom. The Bertz CT molecular complexity index is 635. The predicted molar refractivity (Wildman–Crippen MR) is 85.6 cm³/mol. The van der Waals surface area contributed by atoms with E-state index in [4.69, 9.17) is 16.0 Å². The van der Waals surface area contributed by atoms with Gasteiger partial charge >= 0.3 is 0 Å². The van der Waals surface area contributed by atoms with Gasteiger partial charge in [-0.1, -0.05) is 24.6 Å². The lowest BCUT2D eigenvalue weighted by Gasteiger charge is -2.34. The van der Waals surface area contributed by atoms with Crippen LogP contribution in [0.3, 0.4) is 0 Å². The Morgan fingerprint density at radius 1 is 1.09 bits per heavy atom. The molecule has 0 unspecified atom stereocenters. The zero-order valence-electron chi connectivity index (χ0n) is 13.1. The number of rotatable bonds is 5. The number of hydrogen-bond acceptors (Lipinski definition) is 5. The second-order valence-corrected chi connectivity index (χ2v) is 6.10. The van der Waals surface area contributed by atoms with Crippen LogP contribution in [0.25, 0.3) is 0 Å². The van der Waals surface area contributed by atoms with Gasteiger partial charge < -0.3 is 4.42 Å². The van der Waals surface area contributed by atoms with Crippen LogP contribution in [-0.2, 0) is 19.5 Å². The van der Waals surface area contributed by atoms with Crippen molar-refractivity contribution < 1.29 is 8.81 Å². The van der Waals surface area contributed by atoms with Gasteiger partial charge in [-0.05, 0) is 12.1 Å². The van der Waals surface area contributed by atoms with Gasteiger partial charge in [0.15, 0.2) is 0 Å². The average Bonchev–Trinajstić information content (AvgIpc) is 3.00. The SMILES string of the molecule is CCc1nnc(CN2CCN(Cc3c(F)cccc3Cl)CC2)o1. The molecule has 0 amide bonds. The fourth-order valence-corrected chi connectivity index (χ4v) is 2.92. The Labute approximate surface area is 140 Å². The van der Waals surface area contributed by atoms with Gasteiger partial charge in [0.05, 0.1) is 6.54 Å². The first-order chi connectivity index (χ1) is 11.2. The molecule has 1 aliphatic rings. The lowest BCUT2D eigenvalue weighted by molar-refractivity contribution is 0.113. The Hall–Kier alpha value is -1.50. The number of benzene rings is 1. The molecule has 0 N–H and O–H groups in total. The molecule has 1 aromatic carbocycles. The number of nitrogens with zero attached hydrogens (tertiary/aromatic N) is 4. The van der Waals surface area contributed by atoms with Gasteiger partial charge in [0.1, 0.15) is 5.82 Å². The molecule has 7 heteroatoms. The third-order valence-electron chi connectivity index (χ3n) is 4.08. The lowest BCUT2D eigenvalue weighted by Crippen LogP contribution is -2.45. The fraction of sp³-hybridized carbons (Fsp3) is 0.500. The van der Waals surface area contributed by atoms with Gasteiger partial charge in [0.2, 0.25) is 11.8 Å². The van der Waals surface area contributed by atoms with Gasteiger partial charge in [0.25, 0.3) is 0 Å². The van der Waals surface area contributed by atoms with Crippen LogP contribution in [-0.4, -0.2) is 46.2 Å². The summed E-state index contributed by atoms with van der Waals surface area (Å²) in [5, 5.41) is 8.52. The maximum absolute atomic E-state index is 13.9. The van der Waals surface area contributed by atoms with Crippen molar-refractivity contribution in [3.8, 4) is 0 Å². The van der Waals surface area contributed by atoms with Crippen molar-refractivity contribution in [2.24, 2.45) is 0 Å². The third kappa shape index (κ3) is 4.07. The molecule has 1 saturated heterocycles. The van der Waals surface area contributed by atoms with E-state index in [-0.39, 0.29) is 5.82 Å². The van der Waals surface area contributed by atoms with E-state index >= 15 is 0 Å². The van der Waals surface area contributed by atoms with Crippen LogP contribution in [0, 0.1) is 5.82 Å². The summed E-state index contributed by atoms with van der Waals surface area (Å²) in [5.74, 6) is 1.10. The molecule has 0 saturated carbocycles. The standard InChI is InChI=1S/C16H20ClFN4O/c1-2-15-19-20-16(23-15)11-22-8-6-21(7-9-22)10-12-13(17)4-3-5-14(12)18/h3-5H,2,6-11H2,1H3. The van der Waals surface area contributed by atoms with Crippen LogP contribution < -0.4 is 0 Å². The van der Waals surface area contributed by atoms with Crippen molar-refractivity contribution in [2.45, 2.75) is 26.4 Å². The summed E-state index contributed by atoms with van der Waals surface area (Å²) < 4.78 is 19.4. The Balaban J connectivity index is 1.52. The summed E-state index contributed by atoms with van der Waals surface area (Å²) in [5.41, 5.74) is 0.576. The van der Waals surface area contributed by atoms with E-state index in [2.05, 4.69) is 20.0 Å². The van der Waals surface area contributed by atoms with Gasteiger partial charge in [0, 0.05) is 49.7 Å². The van der Waals surface area contributed by atoms with Crippen LogP contribution in [0.15, 0.2) is 22.6 Å². The maximum atomic E-state index is 13.9. The lowest BCUT2D eigenvalue weighted by atomic mass is 10.2. The molecule has 0 aliphatic carbocycles. The molecule has 23 heavy (non-hydrogen) atoms. The first-order valence-corrected chi connectivity index (χ1v) is 8.22.